The van der Waals surface area contributed by atoms with Gasteiger partial charge in [-0.05, 0) is 0 Å². The molecule has 0 N–H and O–H groups in total. The van der Waals surface area contributed by atoms with Gasteiger partial charge in [0.05, 0.1) is 0 Å². The molecular weight excluding hydrogens is 320 g/mol. The molecule has 2 aliphatic heterocycles. The Morgan fingerprint density at radius 2 is 1.67 bits per heavy atom. The van der Waals surface area contributed by atoms with Gasteiger partial charge in [0.15, 0.2) is 0 Å². The first-order chi connectivity index (χ1) is 5.27. The summed E-state index contributed by atoms with van der Waals surface area (Å²) in [6, 6.07) is 1.45. The molecule has 1 unspecified atom stereocenters. The molecule has 0 spiro atoms. The van der Waals surface area contributed by atoms with Gasteiger partial charge in [-0.2, -0.15) is 0 Å². The molecule has 1 aliphatic carbocycles. The summed E-state index contributed by atoms with van der Waals surface area (Å²) in [6.07, 6.45) is 5.68. The minimum atomic E-state index is 0. The van der Waals surface area contributed by atoms with Crippen LogP contribution in [0.3, 0.4) is 0 Å². The Bertz CT molecular complexity index is 139. The minimum absolute atomic E-state index is 0. The van der Waals surface area contributed by atoms with E-state index in [0.29, 0.717) is 6.04 Å². The van der Waals surface area contributed by atoms with Crippen LogP contribution in [0.15, 0.2) is 0 Å². The van der Waals surface area contributed by atoms with E-state index >= 15 is 0 Å². The topological polar surface area (TPSA) is 14.1 Å². The molecule has 3 rings (SSSR count). The molecule has 0 aromatic carbocycles. The van der Waals surface area contributed by atoms with Crippen molar-refractivity contribution in [3.63, 3.8) is 0 Å². The number of hydrogen-bond acceptors (Lipinski definition) is 0. The van der Waals surface area contributed by atoms with E-state index in [1.807, 2.05) is 0 Å². The molecule has 1 saturated carbocycles. The summed E-state index contributed by atoms with van der Waals surface area (Å²) in [6.45, 7) is 4.63. The van der Waals surface area contributed by atoms with Crippen LogP contribution in [-0.4, -0.2) is 12.1 Å². The fraction of sp³-hybridized carbons (Fsp3) is 1.00. The number of nitrogens with zero attached hydrogens (tertiary/aromatic N) is 1. The van der Waals surface area contributed by atoms with Crippen molar-refractivity contribution in [2.24, 2.45) is 11.8 Å². The van der Waals surface area contributed by atoms with Crippen LogP contribution in [0.25, 0.3) is 5.32 Å². The quantitative estimate of drug-likeness (QED) is 0.698. The third-order valence-electron chi connectivity index (χ3n) is 3.29. The summed E-state index contributed by atoms with van der Waals surface area (Å²) >= 11 is 0. The molecular formula is C10H18NRe-. The predicted molar refractivity (Wildman–Crippen MR) is 47.7 cm³/mol. The van der Waals surface area contributed by atoms with E-state index < -0.39 is 0 Å². The first-order valence-electron chi connectivity index (χ1n) is 4.97. The molecule has 12 heavy (non-hydrogen) atoms. The number of hydrogen-bond donors (Lipinski definition) is 0. The van der Waals surface area contributed by atoms with E-state index in [1.54, 1.807) is 0 Å². The summed E-state index contributed by atoms with van der Waals surface area (Å²) in [5.41, 5.74) is 0. The van der Waals surface area contributed by atoms with Crippen LogP contribution in [0.4, 0.5) is 0 Å². The van der Waals surface area contributed by atoms with Crippen LogP contribution in [-0.2, 0) is 20.4 Å². The third-order valence-corrected chi connectivity index (χ3v) is 3.29. The van der Waals surface area contributed by atoms with Gasteiger partial charge in [0, 0.05) is 20.4 Å². The van der Waals surface area contributed by atoms with Crippen molar-refractivity contribution in [2.75, 3.05) is 0 Å². The van der Waals surface area contributed by atoms with E-state index in [-0.39, 0.29) is 20.4 Å². The maximum Gasteiger partial charge on any atom is 0 e. The molecule has 1 nitrogen and oxygen atoms in total. The molecule has 2 saturated heterocycles. The monoisotopic (exact) mass is 339 g/mol. The van der Waals surface area contributed by atoms with E-state index in [9.17, 15) is 0 Å². The van der Waals surface area contributed by atoms with Crippen LogP contribution in [0.2, 0.25) is 0 Å². The van der Waals surface area contributed by atoms with Gasteiger partial charge in [-0.25, -0.2) is 0 Å². The van der Waals surface area contributed by atoms with Crippen LogP contribution < -0.4 is 0 Å². The second kappa shape index (κ2) is 4.22. The van der Waals surface area contributed by atoms with Crippen molar-refractivity contribution < 1.29 is 20.4 Å². The SMILES string of the molecule is CC(C)C1[N-]C2CCC1CC2.[Re]. The second-order valence-corrected chi connectivity index (χ2v) is 4.45. The zero-order valence-corrected chi connectivity index (χ0v) is 10.7. The van der Waals surface area contributed by atoms with Crippen molar-refractivity contribution in [3.05, 3.63) is 5.32 Å². The van der Waals surface area contributed by atoms with Crippen molar-refractivity contribution in [3.8, 4) is 0 Å². The van der Waals surface area contributed by atoms with Crippen molar-refractivity contribution in [1.29, 1.82) is 0 Å². The van der Waals surface area contributed by atoms with Gasteiger partial charge in [0.1, 0.15) is 0 Å². The van der Waals surface area contributed by atoms with Crippen molar-refractivity contribution in [2.45, 2.75) is 51.6 Å². The van der Waals surface area contributed by atoms with Gasteiger partial charge in [0.25, 0.3) is 0 Å². The number of piperidine rings is 2. The Hall–Kier alpha value is 0.622. The van der Waals surface area contributed by atoms with E-state index in [2.05, 4.69) is 13.8 Å². The first kappa shape index (κ1) is 10.7. The zero-order chi connectivity index (χ0) is 7.84. The Balaban J connectivity index is 0.000000720. The summed E-state index contributed by atoms with van der Waals surface area (Å²) in [5.74, 6) is 1.73. The third kappa shape index (κ3) is 1.92. The Kier molecular flexibility index (Phi) is 3.77. The number of fused-ring (bicyclic) bond motifs is 3. The maximum absolute atomic E-state index is 4.85. The zero-order valence-electron chi connectivity index (χ0n) is 7.96. The van der Waals surface area contributed by atoms with Crippen LogP contribution in [0.5, 0.6) is 0 Å². The molecule has 2 heteroatoms. The predicted octanol–water partition coefficient (Wildman–Crippen LogP) is 2.95. The van der Waals surface area contributed by atoms with Crippen LogP contribution in [0, 0.1) is 11.8 Å². The Morgan fingerprint density at radius 3 is 1.92 bits per heavy atom. The molecule has 3 fully saturated rings. The second-order valence-electron chi connectivity index (χ2n) is 4.45. The van der Waals surface area contributed by atoms with Gasteiger partial charge in [-0.15, -0.1) is 12.1 Å². The number of rotatable bonds is 1. The summed E-state index contributed by atoms with van der Waals surface area (Å²) in [4.78, 5) is 0. The molecule has 0 aromatic heterocycles. The first-order valence-corrected chi connectivity index (χ1v) is 4.97. The fourth-order valence-corrected chi connectivity index (χ4v) is 2.67. The van der Waals surface area contributed by atoms with Gasteiger partial charge >= 0.3 is 0 Å². The molecule has 2 bridgehead atoms. The Morgan fingerprint density at radius 1 is 1.08 bits per heavy atom. The standard InChI is InChI=1S/C10H18N.Re/c1-7(2)10-8-3-5-9(11-10)6-4-8;/h7-10H,3-6H2,1-2H3;/q-1;. The summed E-state index contributed by atoms with van der Waals surface area (Å²) < 4.78 is 0. The van der Waals surface area contributed by atoms with Crippen LogP contribution >= 0.6 is 0 Å². The smallest absolute Gasteiger partial charge is 0 e. The molecule has 1 atom stereocenters. The summed E-state index contributed by atoms with van der Waals surface area (Å²) in [5, 5.41) is 4.85. The van der Waals surface area contributed by atoms with Crippen molar-refractivity contribution in [1.82, 2.24) is 0 Å². The largest absolute Gasteiger partial charge is 0.656 e. The fourth-order valence-electron chi connectivity index (χ4n) is 2.67. The van der Waals surface area contributed by atoms with E-state index in [4.69, 9.17) is 5.32 Å². The van der Waals surface area contributed by atoms with Gasteiger partial charge in [0.2, 0.25) is 0 Å². The molecule has 0 amide bonds. The van der Waals surface area contributed by atoms with Gasteiger partial charge < -0.3 is 5.32 Å². The molecule has 3 aliphatic rings. The van der Waals surface area contributed by atoms with E-state index in [1.165, 1.54) is 25.7 Å². The molecule has 2 heterocycles. The average molecular weight is 338 g/mol. The molecule has 0 aromatic rings. The van der Waals surface area contributed by atoms with E-state index in [0.717, 1.165) is 17.9 Å². The average Bonchev–Trinajstić information content (AvgIpc) is 2.06. The van der Waals surface area contributed by atoms with Crippen molar-refractivity contribution >= 4 is 0 Å². The van der Waals surface area contributed by atoms with Gasteiger partial charge in [-0.1, -0.05) is 51.4 Å². The summed E-state index contributed by atoms with van der Waals surface area (Å²) in [7, 11) is 0. The maximum atomic E-state index is 4.85. The normalized spacial score (nSPS) is 39.8. The minimum Gasteiger partial charge on any atom is -0.656 e. The molecule has 71 valence electrons. The van der Waals surface area contributed by atoms with Gasteiger partial charge in [-0.3, -0.25) is 0 Å². The molecule has 1 radical (unpaired) electrons. The Labute approximate surface area is 89.3 Å². The van der Waals surface area contributed by atoms with Crippen LogP contribution in [0.1, 0.15) is 39.5 Å².